The third kappa shape index (κ3) is 2.50. The molecule has 0 bridgehead atoms. The zero-order chi connectivity index (χ0) is 11.4. The van der Waals surface area contributed by atoms with Crippen molar-refractivity contribution in [3.63, 3.8) is 0 Å². The van der Waals surface area contributed by atoms with Crippen LogP contribution in [0.4, 0.5) is 5.69 Å². The fourth-order valence-corrected chi connectivity index (χ4v) is 4.09. The van der Waals surface area contributed by atoms with E-state index in [4.69, 9.17) is 0 Å². The summed E-state index contributed by atoms with van der Waals surface area (Å²) < 4.78 is 2.82. The quantitative estimate of drug-likeness (QED) is 0.592. The Labute approximate surface area is 105 Å². The fourth-order valence-electron chi connectivity index (χ4n) is 2.02. The minimum atomic E-state index is 0.460. The summed E-state index contributed by atoms with van der Waals surface area (Å²) in [5.74, 6) is 0. The predicted octanol–water partition coefficient (Wildman–Crippen LogP) is 2.89. The third-order valence-corrected chi connectivity index (χ3v) is 5.06. The Kier molecular flexibility index (Phi) is 4.09. The van der Waals surface area contributed by atoms with Gasteiger partial charge < -0.3 is 0 Å². The van der Waals surface area contributed by atoms with Crippen LogP contribution < -0.4 is 9.36 Å². The molecular formula is C14H19NSe. The van der Waals surface area contributed by atoms with Gasteiger partial charge in [0.15, 0.2) is 0 Å². The van der Waals surface area contributed by atoms with Crippen molar-refractivity contribution in [1.29, 1.82) is 0 Å². The predicted molar refractivity (Wildman–Crippen MR) is 72.5 cm³/mol. The number of unbranched alkanes of at least 4 members (excludes halogenated alkanes) is 3. The topological polar surface area (TPSA) is 3.24 Å². The number of para-hydroxylation sites is 1. The third-order valence-electron chi connectivity index (χ3n) is 2.92. The molecule has 0 atom stereocenters. The monoisotopic (exact) mass is 281 g/mol. The van der Waals surface area contributed by atoms with E-state index < -0.39 is 0 Å². The molecule has 1 heterocycles. The number of hydrogen-bond donors (Lipinski definition) is 0. The maximum atomic E-state index is 4.20. The molecule has 0 saturated heterocycles. The SMILES string of the molecule is C=C1[Se]c2ccccc2N1CCCCCC. The van der Waals surface area contributed by atoms with E-state index in [0.717, 1.165) is 6.54 Å². The van der Waals surface area contributed by atoms with Crippen LogP contribution in [0.5, 0.6) is 0 Å². The summed E-state index contributed by atoms with van der Waals surface area (Å²) in [7, 11) is 0. The molecule has 0 unspecified atom stereocenters. The van der Waals surface area contributed by atoms with E-state index in [0.29, 0.717) is 15.0 Å². The van der Waals surface area contributed by atoms with E-state index in [1.54, 1.807) is 0 Å². The van der Waals surface area contributed by atoms with Crippen molar-refractivity contribution in [2.45, 2.75) is 32.6 Å². The molecule has 1 nitrogen and oxygen atoms in total. The van der Waals surface area contributed by atoms with E-state index >= 15 is 0 Å². The molecule has 0 amide bonds. The Bertz CT molecular complexity index is 373. The molecule has 1 aliphatic heterocycles. The molecule has 0 fully saturated rings. The Morgan fingerprint density at radius 2 is 2.00 bits per heavy atom. The molecule has 0 saturated carbocycles. The molecule has 2 rings (SSSR count). The van der Waals surface area contributed by atoms with Crippen LogP contribution >= 0.6 is 0 Å². The molecule has 1 aromatic rings. The van der Waals surface area contributed by atoms with Crippen LogP contribution in [0.3, 0.4) is 0 Å². The molecule has 16 heavy (non-hydrogen) atoms. The Balaban J connectivity index is 1.97. The fraction of sp³-hybridized carbons (Fsp3) is 0.429. The molecular weight excluding hydrogens is 261 g/mol. The van der Waals surface area contributed by atoms with Crippen LogP contribution in [-0.4, -0.2) is 21.5 Å². The van der Waals surface area contributed by atoms with E-state index in [2.05, 4.69) is 42.7 Å². The van der Waals surface area contributed by atoms with Crippen LogP contribution in [0, 0.1) is 0 Å². The zero-order valence-electron chi connectivity index (χ0n) is 9.91. The van der Waals surface area contributed by atoms with Gasteiger partial charge in [-0.1, -0.05) is 0 Å². The average molecular weight is 280 g/mol. The second-order valence-corrected chi connectivity index (χ2v) is 6.52. The number of nitrogens with zero attached hydrogens (tertiary/aromatic N) is 1. The standard InChI is InChI=1S/C14H19NSe/c1-3-4-5-8-11-15-12(2)16-14-10-7-6-9-13(14)15/h6-7,9-10H,2-5,8,11H2,1H3. The Hall–Kier alpha value is -0.721. The van der Waals surface area contributed by atoms with Crippen molar-refractivity contribution in [3.05, 3.63) is 35.4 Å². The summed E-state index contributed by atoms with van der Waals surface area (Å²) >= 11 is 0.460. The molecule has 0 radical (unpaired) electrons. The van der Waals surface area contributed by atoms with Gasteiger partial charge in [0.05, 0.1) is 0 Å². The first-order chi connectivity index (χ1) is 7.83. The van der Waals surface area contributed by atoms with Crippen LogP contribution in [0.25, 0.3) is 0 Å². The maximum absolute atomic E-state index is 4.20. The molecule has 0 spiro atoms. The van der Waals surface area contributed by atoms with Gasteiger partial charge in [0.1, 0.15) is 0 Å². The molecule has 2 heteroatoms. The molecule has 0 aliphatic carbocycles. The summed E-state index contributed by atoms with van der Waals surface area (Å²) in [6.07, 6.45) is 5.29. The first kappa shape index (κ1) is 11.8. The van der Waals surface area contributed by atoms with E-state index in [1.165, 1.54) is 40.4 Å². The number of anilines is 1. The molecule has 1 aliphatic rings. The van der Waals surface area contributed by atoms with Gasteiger partial charge in [-0.15, -0.1) is 0 Å². The van der Waals surface area contributed by atoms with E-state index in [-0.39, 0.29) is 0 Å². The molecule has 1 aromatic carbocycles. The number of benzene rings is 1. The van der Waals surface area contributed by atoms with Gasteiger partial charge >= 0.3 is 105 Å². The van der Waals surface area contributed by atoms with Crippen molar-refractivity contribution >= 4 is 25.1 Å². The van der Waals surface area contributed by atoms with Crippen LogP contribution in [-0.2, 0) is 0 Å². The van der Waals surface area contributed by atoms with Crippen molar-refractivity contribution in [1.82, 2.24) is 0 Å². The van der Waals surface area contributed by atoms with Crippen molar-refractivity contribution < 1.29 is 0 Å². The first-order valence-electron chi connectivity index (χ1n) is 6.06. The summed E-state index contributed by atoms with van der Waals surface area (Å²) in [5.41, 5.74) is 1.41. The Morgan fingerprint density at radius 1 is 1.19 bits per heavy atom. The second kappa shape index (κ2) is 5.56. The van der Waals surface area contributed by atoms with Gasteiger partial charge in [-0.2, -0.15) is 0 Å². The minimum absolute atomic E-state index is 0.460. The number of hydrogen-bond acceptors (Lipinski definition) is 1. The van der Waals surface area contributed by atoms with E-state index in [1.807, 2.05) is 0 Å². The van der Waals surface area contributed by atoms with Gasteiger partial charge in [-0.3, -0.25) is 0 Å². The molecule has 86 valence electrons. The van der Waals surface area contributed by atoms with Gasteiger partial charge in [0.2, 0.25) is 0 Å². The number of fused-ring (bicyclic) bond motifs is 1. The van der Waals surface area contributed by atoms with Gasteiger partial charge in [-0.25, -0.2) is 0 Å². The van der Waals surface area contributed by atoms with Gasteiger partial charge in [0.25, 0.3) is 0 Å². The van der Waals surface area contributed by atoms with Crippen molar-refractivity contribution in [2.24, 2.45) is 0 Å². The summed E-state index contributed by atoms with van der Waals surface area (Å²) in [6.45, 7) is 7.61. The van der Waals surface area contributed by atoms with Crippen molar-refractivity contribution in [2.75, 3.05) is 11.4 Å². The summed E-state index contributed by atoms with van der Waals surface area (Å²) in [6, 6.07) is 8.74. The first-order valence-corrected chi connectivity index (χ1v) is 7.77. The van der Waals surface area contributed by atoms with E-state index in [9.17, 15) is 0 Å². The van der Waals surface area contributed by atoms with Crippen molar-refractivity contribution in [3.8, 4) is 0 Å². The normalized spacial score (nSPS) is 14.3. The molecule has 0 aromatic heterocycles. The Morgan fingerprint density at radius 3 is 2.81 bits per heavy atom. The number of rotatable bonds is 5. The summed E-state index contributed by atoms with van der Waals surface area (Å²) in [5, 5.41) is 0. The zero-order valence-corrected chi connectivity index (χ0v) is 11.6. The average Bonchev–Trinajstić information content (AvgIpc) is 2.61. The molecule has 0 N–H and O–H groups in total. The van der Waals surface area contributed by atoms with Crippen LogP contribution in [0.15, 0.2) is 35.4 Å². The van der Waals surface area contributed by atoms with Crippen LogP contribution in [0.2, 0.25) is 0 Å². The summed E-state index contributed by atoms with van der Waals surface area (Å²) in [4.78, 5) is 2.42. The van der Waals surface area contributed by atoms with Gasteiger partial charge in [-0.05, 0) is 0 Å². The van der Waals surface area contributed by atoms with Crippen LogP contribution in [0.1, 0.15) is 32.6 Å². The van der Waals surface area contributed by atoms with Gasteiger partial charge in [0, 0.05) is 0 Å². The second-order valence-electron chi connectivity index (χ2n) is 4.18.